The molecule has 0 amide bonds. The molecule has 4 aromatic rings. The summed E-state index contributed by atoms with van der Waals surface area (Å²) >= 11 is 0. The lowest BCUT2D eigenvalue weighted by atomic mass is 10.0. The highest BCUT2D eigenvalue weighted by Gasteiger charge is 2.28. The number of carbonyl (C=O) groups excluding carboxylic acids is 3. The second-order valence-electron chi connectivity index (χ2n) is 8.70. The van der Waals surface area contributed by atoms with Crippen molar-refractivity contribution < 1.29 is 23.5 Å². The molecular formula is C28H24N2O5. The molecule has 7 heteroatoms. The number of aromatic nitrogens is 2. The Morgan fingerprint density at radius 1 is 1.09 bits per heavy atom. The summed E-state index contributed by atoms with van der Waals surface area (Å²) in [6.45, 7) is 4.48. The maximum Gasteiger partial charge on any atom is 0.339 e. The number of ether oxygens (including phenoxy) is 1. The topological polar surface area (TPSA) is 102 Å². The third-order valence-corrected chi connectivity index (χ3v) is 6.41. The quantitative estimate of drug-likeness (QED) is 0.296. The highest BCUT2D eigenvalue weighted by molar-refractivity contribution is 6.09. The fraction of sp³-hybridized carbons (Fsp3) is 0.214. The van der Waals surface area contributed by atoms with Crippen molar-refractivity contribution in [2.24, 2.45) is 0 Å². The van der Waals surface area contributed by atoms with Gasteiger partial charge in [-0.1, -0.05) is 18.2 Å². The van der Waals surface area contributed by atoms with E-state index >= 15 is 0 Å². The Morgan fingerprint density at radius 2 is 1.89 bits per heavy atom. The number of hydrogen-bond acceptors (Lipinski definition) is 6. The second kappa shape index (κ2) is 8.83. The van der Waals surface area contributed by atoms with E-state index in [0.717, 1.165) is 22.6 Å². The molecule has 1 aliphatic rings. The summed E-state index contributed by atoms with van der Waals surface area (Å²) in [6.07, 6.45) is 4.90. The standard InChI is InChI=1S/C28H24N2O5/c1-15-24(17(3)31)16(2)29-26(15)23(32)14-35-28(33)25-20-8-4-5-9-22(20)30-27-18(10-11-21(25)27)13-19-7-6-12-34-19/h4-9,12-13,29H,10-11,14H2,1-3H3/b18-13+. The van der Waals surface area contributed by atoms with Crippen molar-refractivity contribution in [1.82, 2.24) is 9.97 Å². The van der Waals surface area contributed by atoms with Crippen molar-refractivity contribution >= 4 is 40.1 Å². The van der Waals surface area contributed by atoms with Gasteiger partial charge in [-0.3, -0.25) is 9.59 Å². The summed E-state index contributed by atoms with van der Waals surface area (Å²) in [5, 5.41) is 0.689. The van der Waals surface area contributed by atoms with Crippen LogP contribution in [0.3, 0.4) is 0 Å². The predicted octanol–water partition coefficient (Wildman–Crippen LogP) is 5.50. The van der Waals surface area contributed by atoms with Crippen LogP contribution in [0.2, 0.25) is 0 Å². The van der Waals surface area contributed by atoms with E-state index in [4.69, 9.17) is 14.1 Å². The molecule has 0 unspecified atom stereocenters. The van der Waals surface area contributed by atoms with Crippen LogP contribution < -0.4 is 0 Å². The normalized spacial score (nSPS) is 13.9. The van der Waals surface area contributed by atoms with Crippen molar-refractivity contribution in [3.63, 3.8) is 0 Å². The molecule has 5 rings (SSSR count). The van der Waals surface area contributed by atoms with Crippen molar-refractivity contribution in [3.05, 3.63) is 87.8 Å². The summed E-state index contributed by atoms with van der Waals surface area (Å²) < 4.78 is 11.0. The Morgan fingerprint density at radius 3 is 2.60 bits per heavy atom. The number of fused-ring (bicyclic) bond motifs is 2. The van der Waals surface area contributed by atoms with Crippen LogP contribution in [-0.2, 0) is 11.2 Å². The molecule has 0 aliphatic heterocycles. The first-order valence-corrected chi connectivity index (χ1v) is 11.4. The summed E-state index contributed by atoms with van der Waals surface area (Å²) in [4.78, 5) is 45.9. The number of aromatic amines is 1. The van der Waals surface area contributed by atoms with Crippen LogP contribution in [0.1, 0.15) is 72.8 Å². The molecule has 1 aliphatic carbocycles. The Kier molecular flexibility index (Phi) is 5.68. The average molecular weight is 469 g/mol. The van der Waals surface area contributed by atoms with E-state index in [9.17, 15) is 14.4 Å². The lowest BCUT2D eigenvalue weighted by molar-refractivity contribution is 0.0474. The van der Waals surface area contributed by atoms with Crippen LogP contribution in [0, 0.1) is 13.8 Å². The molecular weight excluding hydrogens is 444 g/mol. The number of hydrogen-bond donors (Lipinski definition) is 1. The number of rotatable bonds is 6. The van der Waals surface area contributed by atoms with Gasteiger partial charge in [-0.25, -0.2) is 9.78 Å². The Bertz CT molecular complexity index is 1520. The molecule has 3 heterocycles. The Labute approximate surface area is 201 Å². The number of allylic oxidation sites excluding steroid dienone is 1. The molecule has 0 saturated heterocycles. The lowest BCUT2D eigenvalue weighted by Gasteiger charge is -2.12. The van der Waals surface area contributed by atoms with Crippen LogP contribution in [0.15, 0.2) is 47.1 Å². The zero-order chi connectivity index (χ0) is 24.7. The summed E-state index contributed by atoms with van der Waals surface area (Å²) in [7, 11) is 0. The largest absolute Gasteiger partial charge is 0.465 e. The number of Topliss-reactive ketones (excluding diaryl/α,β-unsaturated/α-hetero) is 2. The van der Waals surface area contributed by atoms with Gasteiger partial charge in [-0.05, 0) is 74.6 Å². The van der Waals surface area contributed by atoms with Gasteiger partial charge in [0.05, 0.1) is 28.7 Å². The molecule has 0 saturated carbocycles. The molecule has 0 fully saturated rings. The first-order valence-electron chi connectivity index (χ1n) is 11.4. The zero-order valence-electron chi connectivity index (χ0n) is 19.7. The van der Waals surface area contributed by atoms with Crippen LogP contribution in [-0.4, -0.2) is 34.1 Å². The first kappa shape index (κ1) is 22.5. The number of esters is 1. The number of aryl methyl sites for hydroxylation is 1. The number of carbonyl (C=O) groups is 3. The third kappa shape index (κ3) is 3.99. The monoisotopic (exact) mass is 468 g/mol. The highest BCUT2D eigenvalue weighted by Crippen LogP contribution is 2.37. The van der Waals surface area contributed by atoms with Gasteiger partial charge in [-0.2, -0.15) is 0 Å². The SMILES string of the molecule is CC(=O)c1c(C)[nH]c(C(=O)COC(=O)c2c3c(nc4ccccc24)/C(=C/c2ccco2)CC3)c1C. The van der Waals surface area contributed by atoms with E-state index in [2.05, 4.69) is 4.98 Å². The van der Waals surface area contributed by atoms with Crippen molar-refractivity contribution in [3.8, 4) is 0 Å². The third-order valence-electron chi connectivity index (χ3n) is 6.41. The number of para-hydroxylation sites is 1. The molecule has 1 N–H and O–H groups in total. The second-order valence-corrected chi connectivity index (χ2v) is 8.70. The number of pyridine rings is 1. The Hall–Kier alpha value is -4.26. The van der Waals surface area contributed by atoms with E-state index in [1.54, 1.807) is 20.1 Å². The average Bonchev–Trinajstić information content (AvgIpc) is 3.56. The van der Waals surface area contributed by atoms with Crippen LogP contribution in [0.5, 0.6) is 0 Å². The molecule has 7 nitrogen and oxygen atoms in total. The number of furan rings is 1. The molecule has 176 valence electrons. The van der Waals surface area contributed by atoms with E-state index < -0.39 is 12.6 Å². The van der Waals surface area contributed by atoms with Gasteiger partial charge < -0.3 is 14.1 Å². The van der Waals surface area contributed by atoms with Gasteiger partial charge in [-0.15, -0.1) is 0 Å². The van der Waals surface area contributed by atoms with Gasteiger partial charge in [0.15, 0.2) is 12.4 Å². The van der Waals surface area contributed by atoms with Crippen LogP contribution in [0.4, 0.5) is 0 Å². The van der Waals surface area contributed by atoms with E-state index in [-0.39, 0.29) is 17.3 Å². The maximum atomic E-state index is 13.3. The smallest absolute Gasteiger partial charge is 0.339 e. The van der Waals surface area contributed by atoms with Crippen LogP contribution >= 0.6 is 0 Å². The molecule has 0 atom stereocenters. The first-order chi connectivity index (χ1) is 16.8. The molecule has 3 aromatic heterocycles. The van der Waals surface area contributed by atoms with Crippen LogP contribution in [0.25, 0.3) is 22.6 Å². The maximum absolute atomic E-state index is 13.3. The minimum absolute atomic E-state index is 0.121. The molecule has 0 bridgehead atoms. The lowest BCUT2D eigenvalue weighted by Crippen LogP contribution is -2.17. The van der Waals surface area contributed by atoms with Gasteiger partial charge in [0, 0.05) is 16.6 Å². The summed E-state index contributed by atoms with van der Waals surface area (Å²) in [6, 6.07) is 11.1. The minimum atomic E-state index is -0.569. The van der Waals surface area contributed by atoms with Gasteiger partial charge >= 0.3 is 5.97 Å². The van der Waals surface area contributed by atoms with Gasteiger partial charge in [0.2, 0.25) is 5.78 Å². The molecule has 1 aromatic carbocycles. The fourth-order valence-corrected chi connectivity index (χ4v) is 4.89. The Balaban J connectivity index is 1.47. The van der Waals surface area contributed by atoms with E-state index in [0.29, 0.717) is 46.1 Å². The zero-order valence-corrected chi connectivity index (χ0v) is 19.7. The summed E-state index contributed by atoms with van der Waals surface area (Å²) in [5.74, 6) is -0.358. The van der Waals surface area contributed by atoms with Crippen molar-refractivity contribution in [2.45, 2.75) is 33.6 Å². The number of benzene rings is 1. The highest BCUT2D eigenvalue weighted by atomic mass is 16.5. The molecule has 0 spiro atoms. The predicted molar refractivity (Wildman–Crippen MR) is 132 cm³/mol. The van der Waals surface area contributed by atoms with E-state index in [1.807, 2.05) is 42.5 Å². The van der Waals surface area contributed by atoms with Crippen molar-refractivity contribution in [2.75, 3.05) is 6.61 Å². The minimum Gasteiger partial charge on any atom is -0.465 e. The summed E-state index contributed by atoms with van der Waals surface area (Å²) in [5.41, 5.74) is 5.63. The molecule has 35 heavy (non-hydrogen) atoms. The van der Waals surface area contributed by atoms with Gasteiger partial charge in [0.25, 0.3) is 0 Å². The fourth-order valence-electron chi connectivity index (χ4n) is 4.89. The number of H-pyrrole nitrogens is 1. The number of nitrogens with zero attached hydrogens (tertiary/aromatic N) is 1. The van der Waals surface area contributed by atoms with Crippen molar-refractivity contribution in [1.29, 1.82) is 0 Å². The number of nitrogens with one attached hydrogen (secondary N) is 1. The van der Waals surface area contributed by atoms with E-state index in [1.165, 1.54) is 6.92 Å². The molecule has 0 radical (unpaired) electrons. The number of ketones is 2. The van der Waals surface area contributed by atoms with Gasteiger partial charge in [0.1, 0.15) is 5.76 Å².